The number of benzene rings is 2. The Morgan fingerprint density at radius 3 is 2.38 bits per heavy atom. The van der Waals surface area contributed by atoms with Gasteiger partial charge in [-0.1, -0.05) is 41.4 Å². The fourth-order valence-corrected chi connectivity index (χ4v) is 4.59. The van der Waals surface area contributed by atoms with E-state index in [1.165, 1.54) is 23.5 Å². The molecule has 3 aromatic rings. The molecule has 32 heavy (non-hydrogen) atoms. The number of rotatable bonds is 9. The number of nitrogens with zero attached hydrogens (tertiary/aromatic N) is 1. The summed E-state index contributed by atoms with van der Waals surface area (Å²) in [6.45, 7) is 1.05. The molecule has 3 rings (SSSR count). The minimum absolute atomic E-state index is 0.0619. The summed E-state index contributed by atoms with van der Waals surface area (Å²) in [7, 11) is -3.81. The molecule has 11 heteroatoms. The molecule has 0 saturated carbocycles. The summed E-state index contributed by atoms with van der Waals surface area (Å²) in [4.78, 5) is 29.2. The summed E-state index contributed by atoms with van der Waals surface area (Å²) in [5.74, 6) is -1.09. The monoisotopic (exact) mass is 492 g/mol. The van der Waals surface area contributed by atoms with E-state index in [4.69, 9.17) is 11.6 Å². The van der Waals surface area contributed by atoms with Gasteiger partial charge >= 0.3 is 0 Å². The smallest absolute Gasteiger partial charge is 0.245 e. The Hall–Kier alpha value is -2.79. The number of aryl methyl sites for hydroxylation is 1. The third-order valence-corrected chi connectivity index (χ3v) is 6.87. The van der Waals surface area contributed by atoms with Crippen LogP contribution in [0.1, 0.15) is 16.0 Å². The van der Waals surface area contributed by atoms with Crippen LogP contribution >= 0.6 is 22.9 Å². The van der Waals surface area contributed by atoms with Crippen LogP contribution in [0, 0.1) is 6.92 Å². The minimum Gasteiger partial charge on any atom is -0.346 e. The molecule has 0 spiro atoms. The molecular weight excluding hydrogens is 472 g/mol. The maximum absolute atomic E-state index is 12.2. The van der Waals surface area contributed by atoms with E-state index in [1.807, 2.05) is 31.2 Å². The van der Waals surface area contributed by atoms with Gasteiger partial charge in [0.2, 0.25) is 21.8 Å². The van der Waals surface area contributed by atoms with Crippen molar-refractivity contribution >= 4 is 49.9 Å². The minimum atomic E-state index is -3.81. The van der Waals surface area contributed by atoms with E-state index in [1.54, 1.807) is 18.3 Å². The van der Waals surface area contributed by atoms with Gasteiger partial charge in [0, 0.05) is 22.5 Å². The van der Waals surface area contributed by atoms with Crippen molar-refractivity contribution < 1.29 is 18.0 Å². The van der Waals surface area contributed by atoms with Crippen molar-refractivity contribution in [1.82, 2.24) is 15.0 Å². The van der Waals surface area contributed by atoms with Crippen LogP contribution in [0.4, 0.5) is 5.13 Å². The zero-order valence-electron chi connectivity index (χ0n) is 17.1. The third kappa shape index (κ3) is 7.13. The topological polar surface area (TPSA) is 117 Å². The Balaban J connectivity index is 1.42. The molecule has 0 aliphatic carbocycles. The van der Waals surface area contributed by atoms with Crippen LogP contribution in [-0.2, 0) is 26.0 Å². The number of halogens is 1. The van der Waals surface area contributed by atoms with Crippen LogP contribution in [0.25, 0.3) is 0 Å². The number of amides is 2. The molecule has 2 amide bonds. The largest absolute Gasteiger partial charge is 0.346 e. The molecule has 0 aliphatic heterocycles. The average Bonchev–Trinajstić information content (AvgIpc) is 3.19. The molecule has 0 fully saturated rings. The highest BCUT2D eigenvalue weighted by Crippen LogP contribution is 2.22. The van der Waals surface area contributed by atoms with Crippen molar-refractivity contribution in [2.75, 3.05) is 18.4 Å². The maximum atomic E-state index is 12.2. The number of hydrogen-bond donors (Lipinski definition) is 3. The van der Waals surface area contributed by atoms with Gasteiger partial charge in [0.05, 0.1) is 18.0 Å². The molecule has 1 heterocycles. The van der Waals surface area contributed by atoms with Crippen LogP contribution in [-0.4, -0.2) is 38.3 Å². The quantitative estimate of drug-likeness (QED) is 0.424. The van der Waals surface area contributed by atoms with Gasteiger partial charge in [0.15, 0.2) is 5.13 Å². The molecule has 3 N–H and O–H groups in total. The van der Waals surface area contributed by atoms with Crippen molar-refractivity contribution in [2.24, 2.45) is 0 Å². The first-order chi connectivity index (χ1) is 15.2. The van der Waals surface area contributed by atoms with Gasteiger partial charge in [0.1, 0.15) is 0 Å². The molecule has 0 saturated heterocycles. The van der Waals surface area contributed by atoms with E-state index in [0.29, 0.717) is 16.6 Å². The summed E-state index contributed by atoms with van der Waals surface area (Å²) >= 11 is 7.21. The lowest BCUT2D eigenvalue weighted by atomic mass is 10.1. The number of aromatic nitrogens is 1. The summed E-state index contributed by atoms with van der Waals surface area (Å²) in [5.41, 5.74) is 1.99. The zero-order valence-corrected chi connectivity index (χ0v) is 19.5. The van der Waals surface area contributed by atoms with Crippen molar-refractivity contribution in [3.05, 3.63) is 75.8 Å². The lowest BCUT2D eigenvalue weighted by Gasteiger charge is -2.08. The van der Waals surface area contributed by atoms with Crippen molar-refractivity contribution in [3.8, 4) is 0 Å². The first-order valence-corrected chi connectivity index (χ1v) is 12.2. The summed E-state index contributed by atoms with van der Waals surface area (Å²) < 4.78 is 26.6. The Morgan fingerprint density at radius 2 is 1.69 bits per heavy atom. The maximum Gasteiger partial charge on any atom is 0.245 e. The molecule has 8 nitrogen and oxygen atoms in total. The third-order valence-electron chi connectivity index (χ3n) is 4.29. The molecule has 0 radical (unpaired) electrons. The molecule has 0 bridgehead atoms. The predicted octanol–water partition coefficient (Wildman–Crippen LogP) is 2.73. The van der Waals surface area contributed by atoms with Gasteiger partial charge in [-0.2, -0.15) is 0 Å². The Morgan fingerprint density at radius 1 is 1.00 bits per heavy atom. The van der Waals surface area contributed by atoms with Gasteiger partial charge in [-0.05, 0) is 36.8 Å². The lowest BCUT2D eigenvalue weighted by Crippen LogP contribution is -2.40. The second-order valence-electron chi connectivity index (χ2n) is 6.90. The Kier molecular flexibility index (Phi) is 7.97. The van der Waals surface area contributed by atoms with Gasteiger partial charge in [-0.3, -0.25) is 9.59 Å². The zero-order chi connectivity index (χ0) is 23.1. The van der Waals surface area contributed by atoms with E-state index in [-0.39, 0.29) is 11.4 Å². The van der Waals surface area contributed by atoms with E-state index < -0.39 is 28.4 Å². The van der Waals surface area contributed by atoms with Gasteiger partial charge in [-0.25, -0.2) is 18.1 Å². The van der Waals surface area contributed by atoms with Crippen molar-refractivity contribution in [3.63, 3.8) is 0 Å². The second-order valence-corrected chi connectivity index (χ2v) is 10.2. The number of anilines is 1. The Bertz CT molecular complexity index is 1190. The van der Waals surface area contributed by atoms with E-state index >= 15 is 0 Å². The first-order valence-electron chi connectivity index (χ1n) is 9.53. The Labute approximate surface area is 195 Å². The highest BCUT2D eigenvalue weighted by Gasteiger charge is 2.16. The van der Waals surface area contributed by atoms with Crippen LogP contribution < -0.4 is 15.4 Å². The van der Waals surface area contributed by atoms with Crippen LogP contribution in [0.3, 0.4) is 0 Å². The molecule has 168 valence electrons. The summed E-state index contributed by atoms with van der Waals surface area (Å²) in [5, 5.41) is 6.06. The standard InChI is InChI=1S/C21H21ClN4O4S2/c1-14-2-8-18(9-3-14)32(29,30)25-13-19(27)23-12-20(28)26-21-24-11-17(31-21)10-15-4-6-16(22)7-5-15/h2-9,11,25H,10,12-13H2,1H3,(H,23,27)(H,24,26,28). The normalized spacial score (nSPS) is 11.2. The van der Waals surface area contributed by atoms with E-state index in [2.05, 4.69) is 20.3 Å². The summed E-state index contributed by atoms with van der Waals surface area (Å²) in [6, 6.07) is 13.7. The van der Waals surface area contributed by atoms with E-state index in [9.17, 15) is 18.0 Å². The number of nitrogens with one attached hydrogen (secondary N) is 3. The molecule has 0 aliphatic rings. The number of hydrogen-bond acceptors (Lipinski definition) is 6. The first kappa shape index (κ1) is 23.9. The number of thiazole rings is 1. The number of sulfonamides is 1. The molecule has 0 unspecified atom stereocenters. The van der Waals surface area contributed by atoms with Crippen LogP contribution in [0.5, 0.6) is 0 Å². The fourth-order valence-electron chi connectivity index (χ4n) is 2.62. The molecular formula is C21H21ClN4O4S2. The highest BCUT2D eigenvalue weighted by molar-refractivity contribution is 7.89. The van der Waals surface area contributed by atoms with Gasteiger partial charge in [0.25, 0.3) is 0 Å². The van der Waals surface area contributed by atoms with Gasteiger partial charge in [-0.15, -0.1) is 11.3 Å². The van der Waals surface area contributed by atoms with Crippen LogP contribution in [0.15, 0.2) is 59.6 Å². The van der Waals surface area contributed by atoms with Crippen LogP contribution in [0.2, 0.25) is 5.02 Å². The average molecular weight is 493 g/mol. The predicted molar refractivity (Wildman–Crippen MR) is 124 cm³/mol. The highest BCUT2D eigenvalue weighted by atomic mass is 35.5. The molecule has 2 aromatic carbocycles. The fraction of sp³-hybridized carbons (Fsp3) is 0.190. The van der Waals surface area contributed by atoms with Crippen molar-refractivity contribution in [2.45, 2.75) is 18.2 Å². The molecule has 0 atom stereocenters. The SMILES string of the molecule is Cc1ccc(S(=O)(=O)NCC(=O)NCC(=O)Nc2ncc(Cc3ccc(Cl)cc3)s2)cc1. The number of carbonyl (C=O) groups is 2. The second kappa shape index (κ2) is 10.7. The van der Waals surface area contributed by atoms with Gasteiger partial charge < -0.3 is 10.6 Å². The number of carbonyl (C=O) groups excluding carboxylic acids is 2. The molecule has 1 aromatic heterocycles. The summed E-state index contributed by atoms with van der Waals surface area (Å²) in [6.07, 6.45) is 2.33. The van der Waals surface area contributed by atoms with E-state index in [0.717, 1.165) is 16.0 Å². The van der Waals surface area contributed by atoms with Crippen molar-refractivity contribution in [1.29, 1.82) is 0 Å². The lowest BCUT2D eigenvalue weighted by molar-refractivity contribution is -0.123.